The highest BCUT2D eigenvalue weighted by molar-refractivity contribution is 7.89. The summed E-state index contributed by atoms with van der Waals surface area (Å²) in [5, 5.41) is 1.86. The zero-order valence-electron chi connectivity index (χ0n) is 10.8. The number of hydrogen-bond donors (Lipinski definition) is 2. The third kappa shape index (κ3) is 2.34. The molecule has 1 aromatic heterocycles. The Morgan fingerprint density at radius 1 is 1.50 bits per heavy atom. The maximum atomic E-state index is 12.5. The molecule has 1 fully saturated rings. The fraction of sp³-hybridized carbons (Fsp3) is 0.667. The molecular weight excluding hydrogens is 268 g/mol. The van der Waals surface area contributed by atoms with Crippen molar-refractivity contribution in [3.63, 3.8) is 0 Å². The first kappa shape index (κ1) is 14.0. The molecule has 0 bridgehead atoms. The lowest BCUT2D eigenvalue weighted by molar-refractivity contribution is 0.214. The zero-order valence-corrected chi connectivity index (χ0v) is 12.5. The number of hydrogen-bond acceptors (Lipinski definition) is 4. The SMILES string of the molecule is CCC1(NS(=O)(=O)c2c(C)csc2CN)CCC1. The van der Waals surface area contributed by atoms with Gasteiger partial charge in [0.25, 0.3) is 0 Å². The molecule has 1 heterocycles. The fourth-order valence-electron chi connectivity index (χ4n) is 2.46. The predicted octanol–water partition coefficient (Wildman–Crippen LogP) is 2.13. The second-order valence-electron chi connectivity index (χ2n) is 4.97. The Bertz CT molecular complexity index is 525. The van der Waals surface area contributed by atoms with Gasteiger partial charge >= 0.3 is 0 Å². The van der Waals surface area contributed by atoms with Crippen LogP contribution < -0.4 is 10.5 Å². The van der Waals surface area contributed by atoms with Crippen LogP contribution in [0.25, 0.3) is 0 Å². The normalized spacial score (nSPS) is 18.6. The lowest BCUT2D eigenvalue weighted by Crippen LogP contribution is -2.52. The lowest BCUT2D eigenvalue weighted by Gasteiger charge is -2.41. The molecular formula is C12H20N2O2S2. The van der Waals surface area contributed by atoms with E-state index >= 15 is 0 Å². The second kappa shape index (κ2) is 4.92. The van der Waals surface area contributed by atoms with Crippen molar-refractivity contribution in [2.24, 2.45) is 5.73 Å². The van der Waals surface area contributed by atoms with E-state index in [2.05, 4.69) is 4.72 Å². The Balaban J connectivity index is 2.33. The summed E-state index contributed by atoms with van der Waals surface area (Å²) >= 11 is 1.42. The van der Waals surface area contributed by atoms with Gasteiger partial charge in [0.1, 0.15) is 4.90 Å². The van der Waals surface area contributed by atoms with Crippen molar-refractivity contribution in [2.75, 3.05) is 0 Å². The first-order chi connectivity index (χ1) is 8.44. The van der Waals surface area contributed by atoms with E-state index in [1.165, 1.54) is 11.3 Å². The second-order valence-corrected chi connectivity index (χ2v) is 7.55. The number of aryl methyl sites for hydroxylation is 1. The monoisotopic (exact) mass is 288 g/mol. The van der Waals surface area contributed by atoms with Crippen molar-refractivity contribution in [1.29, 1.82) is 0 Å². The molecule has 0 saturated heterocycles. The molecule has 18 heavy (non-hydrogen) atoms. The van der Waals surface area contributed by atoms with Crippen molar-refractivity contribution in [3.05, 3.63) is 15.8 Å². The van der Waals surface area contributed by atoms with E-state index in [1.54, 1.807) is 0 Å². The third-order valence-electron chi connectivity index (χ3n) is 3.78. The van der Waals surface area contributed by atoms with Crippen molar-refractivity contribution in [1.82, 2.24) is 4.72 Å². The van der Waals surface area contributed by atoms with Gasteiger partial charge in [-0.25, -0.2) is 13.1 Å². The van der Waals surface area contributed by atoms with Crippen LogP contribution in [0.3, 0.4) is 0 Å². The van der Waals surface area contributed by atoms with Crippen LogP contribution in [0.1, 0.15) is 43.0 Å². The van der Waals surface area contributed by atoms with E-state index in [4.69, 9.17) is 5.73 Å². The standard InChI is InChI=1S/C12H20N2O2S2/c1-3-12(5-4-6-12)14-18(15,16)11-9(2)8-17-10(11)7-13/h8,14H,3-7,13H2,1-2H3. The minimum Gasteiger partial charge on any atom is -0.326 e. The van der Waals surface area contributed by atoms with Gasteiger partial charge in [-0.05, 0) is 43.6 Å². The van der Waals surface area contributed by atoms with Crippen LogP contribution >= 0.6 is 11.3 Å². The van der Waals surface area contributed by atoms with E-state index in [0.29, 0.717) is 4.90 Å². The molecule has 0 amide bonds. The summed E-state index contributed by atoms with van der Waals surface area (Å²) in [6.07, 6.45) is 3.81. The molecule has 1 saturated carbocycles. The van der Waals surface area contributed by atoms with Crippen LogP contribution in [0.15, 0.2) is 10.3 Å². The molecule has 4 nitrogen and oxygen atoms in total. The summed E-state index contributed by atoms with van der Waals surface area (Å²) in [5.41, 5.74) is 6.19. The molecule has 102 valence electrons. The predicted molar refractivity (Wildman–Crippen MR) is 74.1 cm³/mol. The Hall–Kier alpha value is -0.430. The largest absolute Gasteiger partial charge is 0.326 e. The van der Waals surface area contributed by atoms with Crippen molar-refractivity contribution >= 4 is 21.4 Å². The van der Waals surface area contributed by atoms with Gasteiger partial charge in [0, 0.05) is 17.0 Å². The molecule has 0 unspecified atom stereocenters. The topological polar surface area (TPSA) is 72.2 Å². The molecule has 2 rings (SSSR count). The Morgan fingerprint density at radius 2 is 2.17 bits per heavy atom. The van der Waals surface area contributed by atoms with Gasteiger partial charge in [-0.15, -0.1) is 11.3 Å². The molecule has 3 N–H and O–H groups in total. The van der Waals surface area contributed by atoms with Crippen molar-refractivity contribution in [3.8, 4) is 0 Å². The van der Waals surface area contributed by atoms with Crippen LogP contribution in [-0.4, -0.2) is 14.0 Å². The number of nitrogens with one attached hydrogen (secondary N) is 1. The van der Waals surface area contributed by atoms with Gasteiger partial charge in [0.15, 0.2) is 0 Å². The summed E-state index contributed by atoms with van der Waals surface area (Å²) in [6, 6.07) is 0. The van der Waals surface area contributed by atoms with Gasteiger partial charge in [-0.2, -0.15) is 0 Å². The van der Waals surface area contributed by atoms with Crippen molar-refractivity contribution < 1.29 is 8.42 Å². The number of nitrogens with two attached hydrogens (primary N) is 1. The highest BCUT2D eigenvalue weighted by atomic mass is 32.2. The molecule has 1 aliphatic carbocycles. The maximum absolute atomic E-state index is 12.5. The lowest BCUT2D eigenvalue weighted by atomic mass is 9.76. The average molecular weight is 288 g/mol. The number of thiophene rings is 1. The Labute approximate surface area is 113 Å². The van der Waals surface area contributed by atoms with E-state index in [9.17, 15) is 8.42 Å². The molecule has 0 aromatic carbocycles. The highest BCUT2D eigenvalue weighted by Gasteiger charge is 2.40. The summed E-state index contributed by atoms with van der Waals surface area (Å²) < 4.78 is 27.9. The van der Waals surface area contributed by atoms with E-state index in [-0.39, 0.29) is 12.1 Å². The Morgan fingerprint density at radius 3 is 2.61 bits per heavy atom. The van der Waals surface area contributed by atoms with Gasteiger partial charge in [-0.1, -0.05) is 6.92 Å². The smallest absolute Gasteiger partial charge is 0.242 e. The average Bonchev–Trinajstić information content (AvgIpc) is 2.66. The molecule has 0 aliphatic heterocycles. The van der Waals surface area contributed by atoms with Crippen LogP contribution in [0, 0.1) is 6.92 Å². The maximum Gasteiger partial charge on any atom is 0.242 e. The first-order valence-corrected chi connectivity index (χ1v) is 8.61. The molecule has 1 aromatic rings. The molecule has 6 heteroatoms. The summed E-state index contributed by atoms with van der Waals surface area (Å²) in [5.74, 6) is 0. The van der Waals surface area contributed by atoms with E-state index in [0.717, 1.165) is 36.1 Å². The third-order valence-corrected chi connectivity index (χ3v) is 6.85. The summed E-state index contributed by atoms with van der Waals surface area (Å²) in [4.78, 5) is 1.14. The van der Waals surface area contributed by atoms with Gasteiger partial charge in [-0.3, -0.25) is 0 Å². The van der Waals surface area contributed by atoms with Gasteiger partial charge in [0.05, 0.1) is 0 Å². The number of rotatable bonds is 5. The Kier molecular flexibility index (Phi) is 3.82. The zero-order chi connectivity index (χ0) is 13.4. The number of sulfonamides is 1. The van der Waals surface area contributed by atoms with Gasteiger partial charge in [0.2, 0.25) is 10.0 Å². The van der Waals surface area contributed by atoms with Gasteiger partial charge < -0.3 is 5.73 Å². The molecule has 1 aliphatic rings. The van der Waals surface area contributed by atoms with Crippen LogP contribution in [-0.2, 0) is 16.6 Å². The van der Waals surface area contributed by atoms with Crippen molar-refractivity contribution in [2.45, 2.75) is 56.5 Å². The highest BCUT2D eigenvalue weighted by Crippen LogP contribution is 2.37. The minimum absolute atomic E-state index is 0.223. The fourth-order valence-corrected chi connectivity index (χ4v) is 5.69. The molecule has 0 radical (unpaired) electrons. The summed E-state index contributed by atoms with van der Waals surface area (Å²) in [7, 11) is -3.44. The summed E-state index contributed by atoms with van der Waals surface area (Å²) in [6.45, 7) is 4.13. The van der Waals surface area contributed by atoms with Crippen LogP contribution in [0.5, 0.6) is 0 Å². The first-order valence-electron chi connectivity index (χ1n) is 6.25. The van der Waals surface area contributed by atoms with E-state index < -0.39 is 10.0 Å². The quantitative estimate of drug-likeness (QED) is 0.872. The van der Waals surface area contributed by atoms with Crippen LogP contribution in [0.4, 0.5) is 0 Å². The molecule has 0 spiro atoms. The minimum atomic E-state index is -3.44. The molecule has 0 atom stereocenters. The van der Waals surface area contributed by atoms with Crippen LogP contribution in [0.2, 0.25) is 0 Å². The van der Waals surface area contributed by atoms with E-state index in [1.807, 2.05) is 19.2 Å².